The average Bonchev–Trinajstić information content (AvgIpc) is 3.45. The fourth-order valence-electron chi connectivity index (χ4n) is 4.87. The fourth-order valence-corrected chi connectivity index (χ4v) is 6.57. The number of carbonyl (C=O) groups excluding carboxylic acids is 2. The maximum absolute atomic E-state index is 14.0. The number of rotatable bonds is 10. The van der Waals surface area contributed by atoms with E-state index in [1.54, 1.807) is 19.1 Å². The molecule has 0 aromatic heterocycles. The van der Waals surface area contributed by atoms with Crippen LogP contribution in [0.5, 0.6) is 0 Å². The largest absolute Gasteiger partial charge is 0.352 e. The van der Waals surface area contributed by atoms with Crippen LogP contribution in [0.3, 0.4) is 0 Å². The Kier molecular flexibility index (Phi) is 10.00. The lowest BCUT2D eigenvalue weighted by Crippen LogP contribution is -2.52. The van der Waals surface area contributed by atoms with Crippen LogP contribution in [0, 0.1) is 13.8 Å². The van der Waals surface area contributed by atoms with Gasteiger partial charge in [-0.05, 0) is 69.5 Å². The topological polar surface area (TPSA) is 86.8 Å². The van der Waals surface area contributed by atoms with Crippen molar-refractivity contribution >= 4 is 50.7 Å². The Bertz CT molecular complexity index is 1490. The van der Waals surface area contributed by atoms with Crippen molar-refractivity contribution in [2.24, 2.45) is 0 Å². The van der Waals surface area contributed by atoms with E-state index < -0.39 is 28.5 Å². The van der Waals surface area contributed by atoms with E-state index in [0.29, 0.717) is 0 Å². The van der Waals surface area contributed by atoms with Gasteiger partial charge in [0.1, 0.15) is 12.6 Å². The lowest BCUT2D eigenvalue weighted by molar-refractivity contribution is -0.139. The van der Waals surface area contributed by atoms with Gasteiger partial charge in [0, 0.05) is 12.6 Å². The SMILES string of the molecule is Cc1ccc(CN(C(=O)CN(c2ccc(Cl)c(Cl)c2)S(=O)(=O)c2ccc(C)cc2)[C@H](C)C(=O)NC2CCCC2)cc1. The van der Waals surface area contributed by atoms with Gasteiger partial charge in [-0.15, -0.1) is 0 Å². The first kappa shape index (κ1) is 30.9. The minimum Gasteiger partial charge on any atom is -0.352 e. The molecule has 1 aliphatic carbocycles. The molecule has 0 spiro atoms. The number of aryl methyl sites for hydroxylation is 2. The second-order valence-corrected chi connectivity index (χ2v) is 13.3. The summed E-state index contributed by atoms with van der Waals surface area (Å²) < 4.78 is 28.9. The summed E-state index contributed by atoms with van der Waals surface area (Å²) in [6.45, 7) is 5.10. The Hall–Kier alpha value is -3.07. The zero-order chi connectivity index (χ0) is 29.7. The molecule has 1 aliphatic rings. The van der Waals surface area contributed by atoms with Crippen molar-refractivity contribution in [2.45, 2.75) is 70.0 Å². The Labute approximate surface area is 252 Å². The summed E-state index contributed by atoms with van der Waals surface area (Å²) in [5.41, 5.74) is 2.97. The van der Waals surface area contributed by atoms with Gasteiger partial charge in [-0.2, -0.15) is 0 Å². The molecule has 7 nitrogen and oxygen atoms in total. The number of hydrogen-bond acceptors (Lipinski definition) is 4. The number of halogens is 2. The molecule has 0 saturated heterocycles. The fraction of sp³-hybridized carbons (Fsp3) is 0.355. The average molecular weight is 617 g/mol. The zero-order valence-corrected chi connectivity index (χ0v) is 25.8. The molecule has 1 atom stereocenters. The van der Waals surface area contributed by atoms with E-state index in [1.165, 1.54) is 35.2 Å². The molecule has 10 heteroatoms. The van der Waals surface area contributed by atoms with Crippen molar-refractivity contribution in [2.75, 3.05) is 10.8 Å². The molecule has 0 unspecified atom stereocenters. The lowest BCUT2D eigenvalue weighted by Gasteiger charge is -2.32. The standard InChI is InChI=1S/C31H35Cl2N3O4S/c1-21-8-12-24(13-9-21)19-35(23(3)31(38)34-25-6-4-5-7-25)30(37)20-36(26-14-17-28(32)29(33)18-26)41(39,40)27-15-10-22(2)11-16-27/h8-18,23,25H,4-7,19-20H2,1-3H3,(H,34,38)/t23-/m1/s1. The normalized spacial score (nSPS) is 14.5. The molecule has 1 N–H and O–H groups in total. The summed E-state index contributed by atoms with van der Waals surface area (Å²) >= 11 is 12.4. The van der Waals surface area contributed by atoms with Gasteiger partial charge in [-0.3, -0.25) is 13.9 Å². The van der Waals surface area contributed by atoms with Crippen LogP contribution in [-0.4, -0.2) is 43.8 Å². The number of nitrogens with one attached hydrogen (secondary N) is 1. The molecule has 0 radical (unpaired) electrons. The molecule has 4 rings (SSSR count). The van der Waals surface area contributed by atoms with Gasteiger partial charge in [0.15, 0.2) is 0 Å². The number of carbonyl (C=O) groups is 2. The number of amides is 2. The van der Waals surface area contributed by atoms with Gasteiger partial charge in [0.25, 0.3) is 10.0 Å². The number of sulfonamides is 1. The third-order valence-electron chi connectivity index (χ3n) is 7.42. The highest BCUT2D eigenvalue weighted by atomic mass is 35.5. The molecule has 41 heavy (non-hydrogen) atoms. The minimum atomic E-state index is -4.19. The first-order valence-electron chi connectivity index (χ1n) is 13.7. The molecule has 1 saturated carbocycles. The third-order valence-corrected chi connectivity index (χ3v) is 9.95. The molecule has 0 aliphatic heterocycles. The van der Waals surface area contributed by atoms with Crippen LogP contribution in [0.15, 0.2) is 71.6 Å². The molecule has 2 amide bonds. The summed E-state index contributed by atoms with van der Waals surface area (Å²) in [4.78, 5) is 28.8. The maximum atomic E-state index is 14.0. The van der Waals surface area contributed by atoms with Gasteiger partial charge >= 0.3 is 0 Å². The van der Waals surface area contributed by atoms with E-state index >= 15 is 0 Å². The molecule has 1 fully saturated rings. The first-order valence-corrected chi connectivity index (χ1v) is 15.8. The summed E-state index contributed by atoms with van der Waals surface area (Å²) in [5.74, 6) is -0.791. The van der Waals surface area contributed by atoms with Crippen LogP contribution in [0.4, 0.5) is 5.69 Å². The van der Waals surface area contributed by atoms with E-state index in [-0.39, 0.29) is 39.1 Å². The summed E-state index contributed by atoms with van der Waals surface area (Å²) in [7, 11) is -4.19. The number of anilines is 1. The van der Waals surface area contributed by atoms with E-state index in [0.717, 1.165) is 46.7 Å². The predicted molar refractivity (Wildman–Crippen MR) is 164 cm³/mol. The highest BCUT2D eigenvalue weighted by Gasteiger charge is 2.33. The first-order chi connectivity index (χ1) is 19.5. The van der Waals surface area contributed by atoms with Crippen LogP contribution in [0.2, 0.25) is 10.0 Å². The van der Waals surface area contributed by atoms with Crippen LogP contribution >= 0.6 is 23.2 Å². The van der Waals surface area contributed by atoms with Crippen molar-refractivity contribution in [3.05, 3.63) is 93.5 Å². The summed E-state index contributed by atoms with van der Waals surface area (Å²) in [5, 5.41) is 3.48. The Morgan fingerprint density at radius 2 is 1.49 bits per heavy atom. The van der Waals surface area contributed by atoms with Crippen molar-refractivity contribution in [1.82, 2.24) is 10.2 Å². The maximum Gasteiger partial charge on any atom is 0.264 e. The van der Waals surface area contributed by atoms with Crippen molar-refractivity contribution in [3.63, 3.8) is 0 Å². The van der Waals surface area contributed by atoms with E-state index in [9.17, 15) is 18.0 Å². The lowest BCUT2D eigenvalue weighted by atomic mass is 10.1. The minimum absolute atomic E-state index is 0.0269. The van der Waals surface area contributed by atoms with Gasteiger partial charge in [0.2, 0.25) is 11.8 Å². The molecular formula is C31H35Cl2N3O4S. The number of nitrogens with zero attached hydrogens (tertiary/aromatic N) is 2. The second kappa shape index (κ2) is 13.3. The van der Waals surface area contributed by atoms with Crippen LogP contribution in [-0.2, 0) is 26.2 Å². The van der Waals surface area contributed by atoms with Crippen molar-refractivity contribution in [3.8, 4) is 0 Å². The Balaban J connectivity index is 1.70. The Morgan fingerprint density at radius 3 is 2.07 bits per heavy atom. The van der Waals surface area contributed by atoms with E-state index in [4.69, 9.17) is 23.2 Å². The predicted octanol–water partition coefficient (Wildman–Crippen LogP) is 6.28. The zero-order valence-electron chi connectivity index (χ0n) is 23.4. The van der Waals surface area contributed by atoms with Crippen LogP contribution in [0.1, 0.15) is 49.3 Å². The van der Waals surface area contributed by atoms with E-state index in [1.807, 2.05) is 38.1 Å². The number of hydrogen-bond donors (Lipinski definition) is 1. The van der Waals surface area contributed by atoms with Crippen LogP contribution in [0.25, 0.3) is 0 Å². The number of benzene rings is 3. The quantitative estimate of drug-likeness (QED) is 0.291. The van der Waals surface area contributed by atoms with Gasteiger partial charge in [-0.25, -0.2) is 8.42 Å². The van der Waals surface area contributed by atoms with Crippen LogP contribution < -0.4 is 9.62 Å². The monoisotopic (exact) mass is 615 g/mol. The van der Waals surface area contributed by atoms with Gasteiger partial charge in [0.05, 0.1) is 20.6 Å². The third kappa shape index (κ3) is 7.61. The van der Waals surface area contributed by atoms with E-state index in [2.05, 4.69) is 5.32 Å². The van der Waals surface area contributed by atoms with Gasteiger partial charge < -0.3 is 10.2 Å². The summed E-state index contributed by atoms with van der Waals surface area (Å²) in [6, 6.07) is 17.7. The molecule has 3 aromatic rings. The van der Waals surface area contributed by atoms with Crippen molar-refractivity contribution < 1.29 is 18.0 Å². The molecule has 3 aromatic carbocycles. The second-order valence-electron chi connectivity index (χ2n) is 10.6. The molecule has 218 valence electrons. The molecule has 0 heterocycles. The highest BCUT2D eigenvalue weighted by molar-refractivity contribution is 7.92. The summed E-state index contributed by atoms with van der Waals surface area (Å²) in [6.07, 6.45) is 3.93. The smallest absolute Gasteiger partial charge is 0.264 e. The van der Waals surface area contributed by atoms with Gasteiger partial charge in [-0.1, -0.05) is 83.6 Å². The van der Waals surface area contributed by atoms with Crippen molar-refractivity contribution in [1.29, 1.82) is 0 Å². The Morgan fingerprint density at radius 1 is 0.902 bits per heavy atom. The molecular weight excluding hydrogens is 581 g/mol. The highest BCUT2D eigenvalue weighted by Crippen LogP contribution is 2.31. The molecule has 0 bridgehead atoms.